The SMILES string of the molecule is Cc1ccc(S(=O)(=O)NC(Cc2ccccc2)C(=O)NCc2cccc(-c3cccc(C4OC(CSc5nncn5C)C(C)C(c5ccc(CO)cc5)O4)c3)c2)cc1. The Morgan fingerprint density at radius 1 is 0.845 bits per heavy atom. The van der Waals surface area contributed by atoms with E-state index in [-0.39, 0.29) is 42.6 Å². The molecule has 1 aliphatic heterocycles. The molecule has 0 aliphatic carbocycles. The minimum Gasteiger partial charge on any atom is -0.392 e. The maximum atomic E-state index is 13.7. The van der Waals surface area contributed by atoms with Crippen LogP contribution in [0.4, 0.5) is 0 Å². The third-order valence-electron chi connectivity index (χ3n) is 10.3. The first kappa shape index (κ1) is 41.0. The monoisotopic (exact) mass is 817 g/mol. The Labute approximate surface area is 343 Å². The second-order valence-corrected chi connectivity index (χ2v) is 17.3. The van der Waals surface area contributed by atoms with Crippen molar-refractivity contribution < 1.29 is 27.8 Å². The molecule has 5 atom stereocenters. The molecule has 2 heterocycles. The number of benzene rings is 5. The predicted molar refractivity (Wildman–Crippen MR) is 224 cm³/mol. The number of aryl methyl sites for hydroxylation is 2. The molecule has 3 N–H and O–H groups in total. The number of sulfonamides is 1. The van der Waals surface area contributed by atoms with Crippen LogP contribution in [0.5, 0.6) is 0 Å². The van der Waals surface area contributed by atoms with Gasteiger partial charge in [-0.05, 0) is 71.0 Å². The van der Waals surface area contributed by atoms with E-state index < -0.39 is 28.3 Å². The molecule has 1 saturated heterocycles. The van der Waals surface area contributed by atoms with Crippen molar-refractivity contribution in [2.75, 3.05) is 5.75 Å². The summed E-state index contributed by atoms with van der Waals surface area (Å²) in [6.07, 6.45) is 0.768. The van der Waals surface area contributed by atoms with Crippen LogP contribution in [-0.2, 0) is 50.9 Å². The van der Waals surface area contributed by atoms with Gasteiger partial charge in [0.2, 0.25) is 15.9 Å². The summed E-state index contributed by atoms with van der Waals surface area (Å²) in [5, 5.41) is 21.7. The lowest BCUT2D eigenvalue weighted by Crippen LogP contribution is -2.47. The molecular formula is C45H47N5O6S2. The highest BCUT2D eigenvalue weighted by atomic mass is 32.2. The Hall–Kier alpha value is -5.15. The van der Waals surface area contributed by atoms with Crippen molar-refractivity contribution in [1.82, 2.24) is 24.8 Å². The van der Waals surface area contributed by atoms with Gasteiger partial charge in [0.25, 0.3) is 0 Å². The zero-order chi connectivity index (χ0) is 40.6. The quantitative estimate of drug-likeness (QED) is 0.0928. The van der Waals surface area contributed by atoms with Gasteiger partial charge in [-0.2, -0.15) is 4.72 Å². The fourth-order valence-electron chi connectivity index (χ4n) is 6.92. The van der Waals surface area contributed by atoms with Gasteiger partial charge in [0, 0.05) is 30.8 Å². The highest BCUT2D eigenvalue weighted by Gasteiger charge is 2.38. The van der Waals surface area contributed by atoms with E-state index >= 15 is 0 Å². The molecule has 11 nitrogen and oxygen atoms in total. The first-order valence-electron chi connectivity index (χ1n) is 19.1. The average Bonchev–Trinajstić information content (AvgIpc) is 3.66. The highest BCUT2D eigenvalue weighted by molar-refractivity contribution is 7.99. The van der Waals surface area contributed by atoms with E-state index in [4.69, 9.17) is 9.47 Å². The summed E-state index contributed by atoms with van der Waals surface area (Å²) in [5.74, 6) is 0.226. The van der Waals surface area contributed by atoms with Crippen LogP contribution in [0.2, 0.25) is 0 Å². The normalized spacial score (nSPS) is 18.8. The summed E-state index contributed by atoms with van der Waals surface area (Å²) >= 11 is 1.59. The van der Waals surface area contributed by atoms with E-state index in [9.17, 15) is 18.3 Å². The lowest BCUT2D eigenvalue weighted by Gasteiger charge is -2.41. The van der Waals surface area contributed by atoms with Crippen LogP contribution in [0.1, 0.15) is 52.7 Å². The first-order chi connectivity index (χ1) is 28.1. The van der Waals surface area contributed by atoms with Crippen LogP contribution in [0, 0.1) is 12.8 Å². The zero-order valence-corrected chi connectivity index (χ0v) is 34.2. The summed E-state index contributed by atoms with van der Waals surface area (Å²) in [5.41, 5.74) is 7.19. The maximum absolute atomic E-state index is 13.7. The fourth-order valence-corrected chi connectivity index (χ4v) is 9.16. The van der Waals surface area contributed by atoms with E-state index in [1.807, 2.05) is 116 Å². The summed E-state index contributed by atoms with van der Waals surface area (Å²) in [6.45, 7) is 4.18. The third-order valence-corrected chi connectivity index (χ3v) is 12.9. The van der Waals surface area contributed by atoms with Crippen molar-refractivity contribution in [3.8, 4) is 11.1 Å². The Kier molecular flexibility index (Phi) is 13.2. The minimum atomic E-state index is -3.97. The molecule has 5 aromatic carbocycles. The number of carbonyl (C=O) groups is 1. The van der Waals surface area contributed by atoms with Gasteiger partial charge in [0.1, 0.15) is 12.4 Å². The number of hydrogen-bond donors (Lipinski definition) is 3. The van der Waals surface area contributed by atoms with Crippen molar-refractivity contribution in [1.29, 1.82) is 0 Å². The number of aliphatic hydroxyl groups is 1. The molecule has 0 saturated carbocycles. The van der Waals surface area contributed by atoms with Crippen LogP contribution in [0.15, 0.2) is 144 Å². The number of aliphatic hydroxyl groups excluding tert-OH is 1. The van der Waals surface area contributed by atoms with Crippen molar-refractivity contribution in [2.24, 2.45) is 13.0 Å². The highest BCUT2D eigenvalue weighted by Crippen LogP contribution is 2.43. The number of nitrogens with zero attached hydrogens (tertiary/aromatic N) is 3. The number of aromatic nitrogens is 3. The van der Waals surface area contributed by atoms with Crippen molar-refractivity contribution in [3.63, 3.8) is 0 Å². The lowest BCUT2D eigenvalue weighted by atomic mass is 9.91. The lowest BCUT2D eigenvalue weighted by molar-refractivity contribution is -0.268. The molecule has 1 amide bonds. The van der Waals surface area contributed by atoms with Crippen LogP contribution in [0.3, 0.4) is 0 Å². The number of carbonyl (C=O) groups excluding carboxylic acids is 1. The number of ether oxygens (including phenoxy) is 2. The zero-order valence-electron chi connectivity index (χ0n) is 32.6. The molecular weight excluding hydrogens is 771 g/mol. The summed E-state index contributed by atoms with van der Waals surface area (Å²) in [7, 11) is -2.06. The van der Waals surface area contributed by atoms with Crippen LogP contribution >= 0.6 is 11.8 Å². The molecule has 0 spiro atoms. The number of rotatable bonds is 15. The molecule has 7 rings (SSSR count). The second-order valence-electron chi connectivity index (χ2n) is 14.6. The Bertz CT molecular complexity index is 2410. The summed E-state index contributed by atoms with van der Waals surface area (Å²) < 4.78 is 44.7. The van der Waals surface area contributed by atoms with Gasteiger partial charge in [0.15, 0.2) is 11.4 Å². The van der Waals surface area contributed by atoms with Crippen LogP contribution < -0.4 is 10.0 Å². The molecule has 1 aliphatic rings. The molecule has 13 heteroatoms. The molecule has 0 radical (unpaired) electrons. The number of hydrogen-bond acceptors (Lipinski definition) is 9. The largest absolute Gasteiger partial charge is 0.392 e. The number of thioether (sulfide) groups is 1. The van der Waals surface area contributed by atoms with Crippen molar-refractivity contribution in [3.05, 3.63) is 167 Å². The van der Waals surface area contributed by atoms with E-state index in [1.54, 1.807) is 30.2 Å². The molecule has 58 heavy (non-hydrogen) atoms. The third kappa shape index (κ3) is 10.1. The number of nitrogens with one attached hydrogen (secondary N) is 2. The Balaban J connectivity index is 1.08. The fraction of sp³-hybridized carbons (Fsp3) is 0.267. The molecule has 300 valence electrons. The number of amides is 1. The van der Waals surface area contributed by atoms with Crippen molar-refractivity contribution >= 4 is 27.7 Å². The predicted octanol–water partition coefficient (Wildman–Crippen LogP) is 7.07. The average molecular weight is 818 g/mol. The van der Waals surface area contributed by atoms with Gasteiger partial charge in [-0.15, -0.1) is 10.2 Å². The van der Waals surface area contributed by atoms with Crippen molar-refractivity contribution in [2.45, 2.75) is 68.0 Å². The first-order valence-corrected chi connectivity index (χ1v) is 21.6. The van der Waals surface area contributed by atoms with E-state index in [2.05, 4.69) is 33.2 Å². The van der Waals surface area contributed by atoms with Gasteiger partial charge in [-0.1, -0.05) is 127 Å². The Morgan fingerprint density at radius 2 is 1.55 bits per heavy atom. The molecule has 1 fully saturated rings. The standard InChI is InChI=1S/C45H47N5O6S2/c1-30-15-21-39(22-16-30)58(53,54)49-40(24-32-9-5-4-6-10-32)43(52)46-26-34-11-7-12-36(23-34)37-13-8-14-38(25-37)44-55-41(28-57-45-48-47-29-50(45)3)31(2)42(56-44)35-19-17-33(27-51)18-20-35/h4-23,25,29,31,40-42,44,49,51H,24,26-28H2,1-3H3,(H,46,52). The summed E-state index contributed by atoms with van der Waals surface area (Å²) in [6, 6.07) is 38.6. The molecule has 5 unspecified atom stereocenters. The van der Waals surface area contributed by atoms with E-state index in [0.29, 0.717) is 5.75 Å². The van der Waals surface area contributed by atoms with Gasteiger partial charge < -0.3 is 24.5 Å². The van der Waals surface area contributed by atoms with E-state index in [0.717, 1.165) is 49.7 Å². The van der Waals surface area contributed by atoms with Crippen LogP contribution in [-0.4, -0.2) is 52.1 Å². The van der Waals surface area contributed by atoms with Gasteiger partial charge >= 0.3 is 0 Å². The maximum Gasteiger partial charge on any atom is 0.241 e. The second kappa shape index (κ2) is 18.6. The van der Waals surface area contributed by atoms with E-state index in [1.165, 1.54) is 12.1 Å². The molecule has 6 aromatic rings. The molecule has 1 aromatic heterocycles. The van der Waals surface area contributed by atoms with Gasteiger partial charge in [0.05, 0.1) is 23.7 Å². The summed E-state index contributed by atoms with van der Waals surface area (Å²) in [4.78, 5) is 13.8. The minimum absolute atomic E-state index is 0.0113. The van der Waals surface area contributed by atoms with Crippen LogP contribution in [0.25, 0.3) is 11.1 Å². The van der Waals surface area contributed by atoms with Gasteiger partial charge in [-0.3, -0.25) is 4.79 Å². The molecule has 0 bridgehead atoms. The Morgan fingerprint density at radius 3 is 2.26 bits per heavy atom. The topological polar surface area (TPSA) is 145 Å². The van der Waals surface area contributed by atoms with Gasteiger partial charge in [-0.25, -0.2) is 8.42 Å². The smallest absolute Gasteiger partial charge is 0.241 e.